The van der Waals surface area contributed by atoms with Crippen molar-refractivity contribution in [1.29, 1.82) is 0 Å². The van der Waals surface area contributed by atoms with Crippen LogP contribution in [-0.2, 0) is 4.74 Å². The number of fused-ring (bicyclic) bond motifs is 1. The van der Waals surface area contributed by atoms with Crippen LogP contribution in [0.1, 0.15) is 22.2 Å². The summed E-state index contributed by atoms with van der Waals surface area (Å²) in [7, 11) is 0. The highest BCUT2D eigenvalue weighted by Gasteiger charge is 2.20. The number of hydrogen-bond donors (Lipinski definition) is 0. The Balaban J connectivity index is 2.62. The SMILES string of the molecule is CCOC(=O)c1sc2nc(SC)nc(Cl)c2c1C. The molecule has 96 valence electrons. The van der Waals surface area contributed by atoms with Crippen molar-refractivity contribution in [3.63, 3.8) is 0 Å². The number of rotatable bonds is 3. The van der Waals surface area contributed by atoms with Crippen molar-refractivity contribution in [2.45, 2.75) is 19.0 Å². The minimum absolute atomic E-state index is 0.334. The molecule has 2 rings (SSSR count). The number of esters is 1. The molecule has 0 aromatic carbocycles. The summed E-state index contributed by atoms with van der Waals surface area (Å²) in [6, 6.07) is 0. The molecule has 0 atom stereocenters. The van der Waals surface area contributed by atoms with Gasteiger partial charge in [0, 0.05) is 0 Å². The lowest BCUT2D eigenvalue weighted by Gasteiger charge is -2.00. The van der Waals surface area contributed by atoms with Gasteiger partial charge in [-0.25, -0.2) is 14.8 Å². The minimum Gasteiger partial charge on any atom is -0.462 e. The van der Waals surface area contributed by atoms with Crippen molar-refractivity contribution >= 4 is 50.9 Å². The van der Waals surface area contributed by atoms with Crippen LogP contribution >= 0.6 is 34.7 Å². The number of halogens is 1. The average molecular weight is 303 g/mol. The largest absolute Gasteiger partial charge is 0.462 e. The van der Waals surface area contributed by atoms with E-state index in [2.05, 4.69) is 9.97 Å². The van der Waals surface area contributed by atoms with Crippen LogP contribution in [0.5, 0.6) is 0 Å². The molecule has 7 heteroatoms. The minimum atomic E-state index is -0.334. The Morgan fingerprint density at radius 2 is 2.22 bits per heavy atom. The molecule has 0 aliphatic carbocycles. The van der Waals surface area contributed by atoms with Crippen molar-refractivity contribution < 1.29 is 9.53 Å². The molecule has 4 nitrogen and oxygen atoms in total. The quantitative estimate of drug-likeness (QED) is 0.375. The van der Waals surface area contributed by atoms with Crippen LogP contribution in [0.15, 0.2) is 5.16 Å². The molecule has 0 radical (unpaired) electrons. The molecule has 0 saturated heterocycles. The molecule has 0 spiro atoms. The van der Waals surface area contributed by atoms with E-state index in [0.717, 1.165) is 15.8 Å². The summed E-state index contributed by atoms with van der Waals surface area (Å²) in [6.07, 6.45) is 1.88. The van der Waals surface area contributed by atoms with Crippen molar-refractivity contribution in [1.82, 2.24) is 9.97 Å². The number of ether oxygens (including phenoxy) is 1. The van der Waals surface area contributed by atoms with Crippen LogP contribution in [-0.4, -0.2) is 28.8 Å². The van der Waals surface area contributed by atoms with E-state index in [9.17, 15) is 4.79 Å². The standard InChI is InChI=1S/C11H11ClN2O2S2/c1-4-16-10(15)7-5(2)6-8(12)13-11(17-3)14-9(6)18-7/h4H2,1-3H3. The lowest BCUT2D eigenvalue weighted by atomic mass is 10.2. The van der Waals surface area contributed by atoms with E-state index in [0.29, 0.717) is 21.8 Å². The zero-order chi connectivity index (χ0) is 13.3. The van der Waals surface area contributed by atoms with Gasteiger partial charge < -0.3 is 4.74 Å². The molecule has 0 aliphatic heterocycles. The summed E-state index contributed by atoms with van der Waals surface area (Å²) >= 11 is 8.84. The molecule has 0 N–H and O–H groups in total. The van der Waals surface area contributed by atoms with Gasteiger partial charge >= 0.3 is 5.97 Å². The second-order valence-electron chi connectivity index (χ2n) is 3.46. The highest BCUT2D eigenvalue weighted by Crippen LogP contribution is 2.35. The first-order chi connectivity index (χ1) is 8.58. The van der Waals surface area contributed by atoms with E-state index in [1.54, 1.807) is 6.92 Å². The highest BCUT2D eigenvalue weighted by atomic mass is 35.5. The lowest BCUT2D eigenvalue weighted by Crippen LogP contribution is -2.03. The fourth-order valence-corrected chi connectivity index (χ4v) is 3.47. The fraction of sp³-hybridized carbons (Fsp3) is 0.364. The first-order valence-corrected chi connectivity index (χ1v) is 7.68. The van der Waals surface area contributed by atoms with Gasteiger partial charge in [-0.1, -0.05) is 23.4 Å². The third kappa shape index (κ3) is 2.32. The zero-order valence-corrected chi connectivity index (χ0v) is 12.5. The van der Waals surface area contributed by atoms with Crippen LogP contribution in [0.4, 0.5) is 0 Å². The Morgan fingerprint density at radius 1 is 1.50 bits per heavy atom. The Hall–Kier alpha value is -0.850. The summed E-state index contributed by atoms with van der Waals surface area (Å²) < 4.78 is 5.01. The second kappa shape index (κ2) is 5.42. The van der Waals surface area contributed by atoms with Gasteiger partial charge in [0.1, 0.15) is 14.9 Å². The first kappa shape index (κ1) is 13.6. The van der Waals surface area contributed by atoms with Gasteiger partial charge in [0.15, 0.2) is 5.16 Å². The molecule has 18 heavy (non-hydrogen) atoms. The van der Waals surface area contributed by atoms with Crippen LogP contribution in [0.3, 0.4) is 0 Å². The maximum atomic E-state index is 11.8. The summed E-state index contributed by atoms with van der Waals surface area (Å²) in [5, 5.41) is 1.72. The van der Waals surface area contributed by atoms with Crippen molar-refractivity contribution in [3.8, 4) is 0 Å². The summed E-state index contributed by atoms with van der Waals surface area (Å²) in [6.45, 7) is 3.96. The molecule has 0 unspecified atom stereocenters. The maximum Gasteiger partial charge on any atom is 0.348 e. The van der Waals surface area contributed by atoms with Crippen molar-refractivity contribution in [3.05, 3.63) is 15.6 Å². The summed E-state index contributed by atoms with van der Waals surface area (Å²) in [5.74, 6) is -0.334. The third-order valence-corrected chi connectivity index (χ3v) is 4.36. The molecule has 0 saturated carbocycles. The molecule has 2 heterocycles. The monoisotopic (exact) mass is 302 g/mol. The summed E-state index contributed by atoms with van der Waals surface area (Å²) in [4.78, 5) is 21.6. The predicted molar refractivity (Wildman–Crippen MR) is 74.9 cm³/mol. The maximum absolute atomic E-state index is 11.8. The van der Waals surface area contributed by atoms with E-state index in [1.165, 1.54) is 23.1 Å². The Bertz CT molecular complexity index is 613. The number of aromatic nitrogens is 2. The lowest BCUT2D eigenvalue weighted by molar-refractivity contribution is 0.0531. The number of carbonyl (C=O) groups is 1. The number of hydrogen-bond acceptors (Lipinski definition) is 6. The van der Waals surface area contributed by atoms with Gasteiger partial charge in [-0.2, -0.15) is 0 Å². The van der Waals surface area contributed by atoms with E-state index in [4.69, 9.17) is 16.3 Å². The van der Waals surface area contributed by atoms with E-state index in [1.807, 2.05) is 13.2 Å². The zero-order valence-electron chi connectivity index (χ0n) is 10.1. The highest BCUT2D eigenvalue weighted by molar-refractivity contribution is 7.98. The second-order valence-corrected chi connectivity index (χ2v) is 5.59. The topological polar surface area (TPSA) is 52.1 Å². The van der Waals surface area contributed by atoms with Crippen LogP contribution in [0.25, 0.3) is 10.2 Å². The van der Waals surface area contributed by atoms with Crippen molar-refractivity contribution in [2.75, 3.05) is 12.9 Å². The third-order valence-electron chi connectivity index (χ3n) is 2.37. The Labute approximate surface area is 118 Å². The van der Waals surface area contributed by atoms with Gasteiger partial charge in [-0.15, -0.1) is 11.3 Å². The van der Waals surface area contributed by atoms with Crippen molar-refractivity contribution in [2.24, 2.45) is 0 Å². The van der Waals surface area contributed by atoms with Crippen LogP contribution in [0.2, 0.25) is 5.15 Å². The van der Waals surface area contributed by atoms with Gasteiger partial charge in [-0.3, -0.25) is 0 Å². The van der Waals surface area contributed by atoms with E-state index >= 15 is 0 Å². The molecule has 2 aromatic heterocycles. The fourth-order valence-electron chi connectivity index (χ4n) is 1.55. The number of carbonyl (C=O) groups excluding carboxylic acids is 1. The smallest absolute Gasteiger partial charge is 0.348 e. The molecule has 0 aliphatic rings. The molecule has 0 fully saturated rings. The molecule has 0 bridgehead atoms. The molecular formula is C11H11ClN2O2S2. The number of thioether (sulfide) groups is 1. The predicted octanol–water partition coefficient (Wildman–Crippen LogP) is 3.55. The van der Waals surface area contributed by atoms with Gasteiger partial charge in [0.25, 0.3) is 0 Å². The Kier molecular flexibility index (Phi) is 4.09. The van der Waals surface area contributed by atoms with E-state index < -0.39 is 0 Å². The average Bonchev–Trinajstić information content (AvgIpc) is 2.67. The number of nitrogens with zero attached hydrogens (tertiary/aromatic N) is 2. The first-order valence-electron chi connectivity index (χ1n) is 5.26. The molecule has 2 aromatic rings. The Morgan fingerprint density at radius 3 is 2.83 bits per heavy atom. The van der Waals surface area contributed by atoms with E-state index in [-0.39, 0.29) is 5.97 Å². The molecule has 0 amide bonds. The van der Waals surface area contributed by atoms with Gasteiger partial charge in [0.05, 0.1) is 12.0 Å². The summed E-state index contributed by atoms with van der Waals surface area (Å²) in [5.41, 5.74) is 0.783. The van der Waals surface area contributed by atoms with Gasteiger partial charge in [-0.05, 0) is 25.7 Å². The molecular weight excluding hydrogens is 292 g/mol. The number of thiophene rings is 1. The van der Waals surface area contributed by atoms with Gasteiger partial charge in [0.2, 0.25) is 0 Å². The normalized spacial score (nSPS) is 10.9. The van der Waals surface area contributed by atoms with Crippen LogP contribution < -0.4 is 0 Å². The number of aryl methyl sites for hydroxylation is 1. The van der Waals surface area contributed by atoms with Crippen LogP contribution in [0, 0.1) is 6.92 Å².